The summed E-state index contributed by atoms with van der Waals surface area (Å²) in [6.45, 7) is 2.80. The van der Waals surface area contributed by atoms with Crippen molar-refractivity contribution in [1.82, 2.24) is 15.3 Å². The Kier molecular flexibility index (Phi) is 8.85. The zero-order valence-electron chi connectivity index (χ0n) is 22.0. The van der Waals surface area contributed by atoms with Crippen LogP contribution in [0.4, 0.5) is 8.78 Å². The van der Waals surface area contributed by atoms with Gasteiger partial charge in [0.15, 0.2) is 0 Å². The van der Waals surface area contributed by atoms with Crippen molar-refractivity contribution in [2.75, 3.05) is 20.8 Å². The van der Waals surface area contributed by atoms with Gasteiger partial charge >= 0.3 is 5.97 Å². The van der Waals surface area contributed by atoms with Crippen LogP contribution in [-0.4, -0.2) is 53.8 Å². The van der Waals surface area contributed by atoms with Gasteiger partial charge in [0, 0.05) is 36.4 Å². The van der Waals surface area contributed by atoms with E-state index in [2.05, 4.69) is 15.3 Å². The molecule has 0 spiro atoms. The number of benzene rings is 2. The second-order valence-corrected chi connectivity index (χ2v) is 8.70. The van der Waals surface area contributed by atoms with E-state index in [0.717, 1.165) is 23.8 Å². The van der Waals surface area contributed by atoms with E-state index in [1.165, 1.54) is 20.4 Å². The van der Waals surface area contributed by atoms with E-state index in [0.29, 0.717) is 52.4 Å². The number of aliphatic carboxylic acids is 1. The molecule has 1 atom stereocenters. The second-order valence-electron chi connectivity index (χ2n) is 8.70. The first-order chi connectivity index (χ1) is 19.3. The molecule has 0 aliphatic rings. The van der Waals surface area contributed by atoms with E-state index in [1.807, 2.05) is 19.1 Å². The molecule has 0 fully saturated rings. The quantitative estimate of drug-likeness (QED) is 0.279. The van der Waals surface area contributed by atoms with Gasteiger partial charge in [0.2, 0.25) is 0 Å². The van der Waals surface area contributed by atoms with Gasteiger partial charge in [-0.2, -0.15) is 0 Å². The van der Waals surface area contributed by atoms with Crippen LogP contribution in [0.15, 0.2) is 54.9 Å². The number of fused-ring (bicyclic) bond motifs is 1. The summed E-state index contributed by atoms with van der Waals surface area (Å²) in [6.07, 6.45) is 2.82. The summed E-state index contributed by atoms with van der Waals surface area (Å²) in [5.74, 6) is -3.80. The number of amides is 1. The molecule has 0 saturated carbocycles. The number of carbonyl (C=O) groups is 2. The lowest BCUT2D eigenvalue weighted by atomic mass is 9.98. The van der Waals surface area contributed by atoms with Crippen molar-refractivity contribution < 1.29 is 37.7 Å². The maximum absolute atomic E-state index is 14.1. The number of ether oxygens (including phenoxy) is 3. The minimum atomic E-state index is -1.53. The molecular weight excluding hydrogens is 524 g/mol. The first-order valence-electron chi connectivity index (χ1n) is 12.3. The normalized spacial score (nSPS) is 11.7. The van der Waals surface area contributed by atoms with Crippen molar-refractivity contribution in [3.63, 3.8) is 0 Å². The molecule has 9 nitrogen and oxygen atoms in total. The van der Waals surface area contributed by atoms with Crippen LogP contribution < -0.4 is 14.8 Å². The number of rotatable bonds is 11. The molecule has 2 N–H and O–H groups in total. The van der Waals surface area contributed by atoms with Crippen molar-refractivity contribution in [2.45, 2.75) is 26.0 Å². The van der Waals surface area contributed by atoms with E-state index in [1.54, 1.807) is 18.3 Å². The van der Waals surface area contributed by atoms with Crippen LogP contribution in [0.3, 0.4) is 0 Å². The van der Waals surface area contributed by atoms with E-state index >= 15 is 0 Å². The van der Waals surface area contributed by atoms with Crippen molar-refractivity contribution in [3.05, 3.63) is 83.3 Å². The fraction of sp³-hybridized carbons (Fsp3) is 0.241. The summed E-state index contributed by atoms with van der Waals surface area (Å²) >= 11 is 0. The lowest BCUT2D eigenvalue weighted by Crippen LogP contribution is -2.43. The number of nitrogens with one attached hydrogen (secondary N) is 1. The third-order valence-corrected chi connectivity index (χ3v) is 6.22. The molecule has 0 aliphatic carbocycles. The minimum Gasteiger partial charge on any atom is -0.496 e. The van der Waals surface area contributed by atoms with E-state index in [4.69, 9.17) is 14.2 Å². The highest BCUT2D eigenvalue weighted by atomic mass is 19.1. The van der Waals surface area contributed by atoms with Gasteiger partial charge in [0.05, 0.1) is 37.6 Å². The van der Waals surface area contributed by atoms with E-state index in [9.17, 15) is 23.5 Å². The Labute approximate surface area is 228 Å². The molecule has 208 valence electrons. The second kappa shape index (κ2) is 12.5. The molecule has 4 rings (SSSR count). The van der Waals surface area contributed by atoms with E-state index < -0.39 is 35.1 Å². The van der Waals surface area contributed by atoms with Gasteiger partial charge in [-0.1, -0.05) is 6.07 Å². The third kappa shape index (κ3) is 5.84. The largest absolute Gasteiger partial charge is 0.496 e. The number of methoxy groups -OCH3 is 2. The number of pyridine rings is 2. The first-order valence-corrected chi connectivity index (χ1v) is 12.3. The molecule has 0 saturated heterocycles. The molecule has 0 unspecified atom stereocenters. The maximum atomic E-state index is 14.1. The zero-order chi connectivity index (χ0) is 28.8. The van der Waals surface area contributed by atoms with Crippen LogP contribution in [-0.2, 0) is 22.6 Å². The topological polar surface area (TPSA) is 120 Å². The monoisotopic (exact) mass is 551 g/mol. The Balaban J connectivity index is 1.75. The number of hydrogen-bond donors (Lipinski definition) is 2. The predicted octanol–water partition coefficient (Wildman–Crippen LogP) is 4.55. The molecule has 40 heavy (non-hydrogen) atoms. The summed E-state index contributed by atoms with van der Waals surface area (Å²) in [6, 6.07) is 8.45. The molecule has 4 aromatic rings. The Morgan fingerprint density at radius 3 is 2.30 bits per heavy atom. The molecule has 2 aromatic carbocycles. The van der Waals surface area contributed by atoms with E-state index in [-0.39, 0.29) is 6.42 Å². The number of hydrogen-bond acceptors (Lipinski definition) is 7. The van der Waals surface area contributed by atoms with Crippen LogP contribution in [0.2, 0.25) is 0 Å². The molecular formula is C29H27F2N3O6. The van der Waals surface area contributed by atoms with Gasteiger partial charge < -0.3 is 24.6 Å². The summed E-state index contributed by atoms with van der Waals surface area (Å²) in [5.41, 5.74) is 1.92. The predicted molar refractivity (Wildman–Crippen MR) is 142 cm³/mol. The third-order valence-electron chi connectivity index (χ3n) is 6.22. The lowest BCUT2D eigenvalue weighted by molar-refractivity contribution is -0.139. The van der Waals surface area contributed by atoms with Crippen molar-refractivity contribution in [2.24, 2.45) is 0 Å². The van der Waals surface area contributed by atoms with Crippen molar-refractivity contribution in [3.8, 4) is 22.6 Å². The highest BCUT2D eigenvalue weighted by Gasteiger charge is 2.27. The summed E-state index contributed by atoms with van der Waals surface area (Å²) in [7, 11) is 3.05. The van der Waals surface area contributed by atoms with Crippen LogP contribution in [0.5, 0.6) is 11.5 Å². The Morgan fingerprint density at radius 1 is 1.02 bits per heavy atom. The molecule has 1 amide bonds. The van der Waals surface area contributed by atoms with Crippen molar-refractivity contribution in [1.29, 1.82) is 0 Å². The average molecular weight is 552 g/mol. The number of carbonyl (C=O) groups excluding carboxylic acids is 1. The number of halogens is 2. The number of carboxylic acids is 1. The smallest absolute Gasteiger partial charge is 0.326 e. The molecule has 2 heterocycles. The lowest BCUT2D eigenvalue weighted by Gasteiger charge is -2.19. The number of aromatic nitrogens is 2. The highest BCUT2D eigenvalue weighted by molar-refractivity contribution is 5.99. The standard InChI is InChI=1S/C29H27F2N3O6/c1-4-40-15-16-11-23(38-2)25(24(12-16)39-3)18-14-33-21(17-7-6-10-32-27(17)18)13-22(29(36)37)34-28(35)26-19(30)8-5-9-20(26)31/h5-12,14,22H,4,13,15H2,1-3H3,(H,34,35)(H,36,37)/t22-/m0/s1. The first kappa shape index (κ1) is 28.4. The fourth-order valence-corrected chi connectivity index (χ4v) is 4.35. The van der Waals surface area contributed by atoms with Crippen LogP contribution in [0.1, 0.15) is 28.5 Å². The summed E-state index contributed by atoms with van der Waals surface area (Å²) in [5, 5.41) is 12.5. The average Bonchev–Trinajstić information content (AvgIpc) is 2.95. The maximum Gasteiger partial charge on any atom is 0.326 e. The van der Waals surface area contributed by atoms with Crippen molar-refractivity contribution >= 4 is 22.8 Å². The minimum absolute atomic E-state index is 0.277. The molecule has 0 radical (unpaired) electrons. The van der Waals surface area contributed by atoms with Crippen LogP contribution in [0.25, 0.3) is 22.0 Å². The highest BCUT2D eigenvalue weighted by Crippen LogP contribution is 2.42. The molecule has 11 heteroatoms. The van der Waals surface area contributed by atoms with Gasteiger partial charge in [-0.15, -0.1) is 0 Å². The molecule has 2 aromatic heterocycles. The summed E-state index contributed by atoms with van der Waals surface area (Å²) in [4.78, 5) is 33.7. The SMILES string of the molecule is CCOCc1cc(OC)c(-c2cnc(C[C@H](NC(=O)c3c(F)cccc3F)C(=O)O)c3cccnc23)c(OC)c1. The van der Waals surface area contributed by atoms with Gasteiger partial charge in [-0.25, -0.2) is 13.6 Å². The van der Waals surface area contributed by atoms with Gasteiger partial charge in [-0.05, 0) is 48.9 Å². The molecule has 0 bridgehead atoms. The zero-order valence-corrected chi connectivity index (χ0v) is 22.0. The fourth-order valence-electron chi connectivity index (χ4n) is 4.35. The van der Waals surface area contributed by atoms with Crippen LogP contribution >= 0.6 is 0 Å². The van der Waals surface area contributed by atoms with Gasteiger partial charge in [0.1, 0.15) is 34.7 Å². The molecule has 0 aliphatic heterocycles. The summed E-state index contributed by atoms with van der Waals surface area (Å²) < 4.78 is 45.1. The van der Waals surface area contributed by atoms with Gasteiger partial charge in [0.25, 0.3) is 5.91 Å². The number of nitrogens with zero attached hydrogens (tertiary/aromatic N) is 2. The van der Waals surface area contributed by atoms with Crippen LogP contribution in [0, 0.1) is 11.6 Å². The number of carboxylic acid groups (broad SMARTS) is 1. The Bertz CT molecular complexity index is 1520. The van der Waals surface area contributed by atoms with Gasteiger partial charge in [-0.3, -0.25) is 14.8 Å². The Morgan fingerprint density at radius 2 is 1.70 bits per heavy atom. The Hall–Kier alpha value is -4.64.